The molecule has 2 rings (SSSR count). The smallest absolute Gasteiger partial charge is 0.352 e. The minimum absolute atomic E-state index is 0.0152. The first-order valence-corrected chi connectivity index (χ1v) is 9.31. The normalized spacial score (nSPS) is 20.8. The molecule has 2 N–H and O–H groups in total. The van der Waals surface area contributed by atoms with Gasteiger partial charge in [-0.25, -0.2) is 0 Å². The van der Waals surface area contributed by atoms with Gasteiger partial charge in [-0.1, -0.05) is 6.92 Å². The van der Waals surface area contributed by atoms with Gasteiger partial charge >= 0.3 is 12.4 Å². The molecule has 1 saturated carbocycles. The molecule has 1 fully saturated rings. The average Bonchev–Trinajstić information content (AvgIpc) is 2.63. The van der Waals surface area contributed by atoms with Crippen LogP contribution in [0.3, 0.4) is 0 Å². The van der Waals surface area contributed by atoms with Crippen molar-refractivity contribution in [2.75, 3.05) is 13.1 Å². The van der Waals surface area contributed by atoms with E-state index in [1.807, 2.05) is 0 Å². The molecule has 1 aromatic rings. The van der Waals surface area contributed by atoms with Gasteiger partial charge in [0.25, 0.3) is 5.91 Å². The van der Waals surface area contributed by atoms with E-state index < -0.39 is 35.0 Å². The van der Waals surface area contributed by atoms with E-state index in [0.717, 1.165) is 38.6 Å². The predicted molar refractivity (Wildman–Crippen MR) is 92.8 cm³/mol. The van der Waals surface area contributed by atoms with E-state index in [9.17, 15) is 31.1 Å². The third-order valence-electron chi connectivity index (χ3n) is 4.93. The van der Waals surface area contributed by atoms with Crippen molar-refractivity contribution >= 4 is 5.91 Å². The lowest BCUT2D eigenvalue weighted by Crippen LogP contribution is -2.37. The molecule has 1 aliphatic carbocycles. The summed E-state index contributed by atoms with van der Waals surface area (Å²) >= 11 is 0. The van der Waals surface area contributed by atoms with Gasteiger partial charge in [0.15, 0.2) is 0 Å². The van der Waals surface area contributed by atoms with Crippen LogP contribution in [0.5, 0.6) is 0 Å². The van der Waals surface area contributed by atoms with Crippen molar-refractivity contribution in [1.29, 1.82) is 0 Å². The summed E-state index contributed by atoms with van der Waals surface area (Å²) in [5.41, 5.74) is -3.62. The first-order chi connectivity index (χ1) is 13.0. The number of nitrogens with one attached hydrogen (secondary N) is 2. The Labute approximate surface area is 159 Å². The van der Waals surface area contributed by atoms with Crippen molar-refractivity contribution in [1.82, 2.24) is 10.6 Å². The number of alkyl halides is 6. The molecule has 0 unspecified atom stereocenters. The fourth-order valence-electron chi connectivity index (χ4n) is 3.34. The highest BCUT2D eigenvalue weighted by Crippen LogP contribution is 2.36. The molecule has 0 saturated heterocycles. The second kappa shape index (κ2) is 9.15. The summed E-state index contributed by atoms with van der Waals surface area (Å²) in [7, 11) is 0. The number of benzene rings is 1. The second-order valence-corrected chi connectivity index (χ2v) is 7.18. The van der Waals surface area contributed by atoms with Gasteiger partial charge in [0, 0.05) is 18.2 Å². The second-order valence-electron chi connectivity index (χ2n) is 7.18. The van der Waals surface area contributed by atoms with Gasteiger partial charge in [-0.05, 0) is 62.8 Å². The molecule has 0 heterocycles. The quantitative estimate of drug-likeness (QED) is 0.647. The lowest BCUT2D eigenvalue weighted by Gasteiger charge is -2.29. The minimum atomic E-state index is -4.97. The van der Waals surface area contributed by atoms with Gasteiger partial charge in [0.2, 0.25) is 0 Å². The number of hydrogen-bond acceptors (Lipinski definition) is 2. The fourth-order valence-corrected chi connectivity index (χ4v) is 3.34. The molecular formula is C19H24F6N2O. The molecule has 0 radical (unpaired) electrons. The number of carbonyl (C=O) groups excluding carboxylic acids is 1. The number of amides is 1. The van der Waals surface area contributed by atoms with Crippen LogP contribution in [0.2, 0.25) is 0 Å². The third-order valence-corrected chi connectivity index (χ3v) is 4.93. The Hall–Kier alpha value is -1.77. The van der Waals surface area contributed by atoms with Crippen molar-refractivity contribution in [2.45, 2.75) is 57.4 Å². The van der Waals surface area contributed by atoms with E-state index in [1.165, 1.54) is 0 Å². The van der Waals surface area contributed by atoms with E-state index in [1.54, 1.807) is 0 Å². The average molecular weight is 410 g/mol. The van der Waals surface area contributed by atoms with Crippen LogP contribution >= 0.6 is 0 Å². The Morgan fingerprint density at radius 3 is 1.96 bits per heavy atom. The molecule has 1 aromatic carbocycles. The van der Waals surface area contributed by atoms with Crippen molar-refractivity contribution < 1.29 is 31.1 Å². The third kappa shape index (κ3) is 6.39. The fraction of sp³-hybridized carbons (Fsp3) is 0.632. The van der Waals surface area contributed by atoms with Crippen LogP contribution in [0.1, 0.15) is 60.5 Å². The highest BCUT2D eigenvalue weighted by atomic mass is 19.4. The summed E-state index contributed by atoms with van der Waals surface area (Å²) in [6.45, 7) is 3.24. The Morgan fingerprint density at radius 2 is 1.50 bits per heavy atom. The van der Waals surface area contributed by atoms with E-state index in [2.05, 4.69) is 17.6 Å². The number of halogens is 6. The van der Waals surface area contributed by atoms with Crippen LogP contribution in [-0.2, 0) is 12.4 Å². The van der Waals surface area contributed by atoms with Gasteiger partial charge in [0.05, 0.1) is 11.1 Å². The number of hydrogen-bond donors (Lipinski definition) is 2. The monoisotopic (exact) mass is 410 g/mol. The summed E-state index contributed by atoms with van der Waals surface area (Å²) in [6.07, 6.45) is -5.35. The van der Waals surface area contributed by atoms with E-state index >= 15 is 0 Å². The van der Waals surface area contributed by atoms with Crippen molar-refractivity contribution in [2.24, 2.45) is 5.92 Å². The van der Waals surface area contributed by atoms with Gasteiger partial charge in [-0.15, -0.1) is 0 Å². The van der Waals surface area contributed by atoms with Crippen LogP contribution < -0.4 is 10.6 Å². The minimum Gasteiger partial charge on any atom is -0.352 e. The van der Waals surface area contributed by atoms with E-state index in [4.69, 9.17) is 0 Å². The molecule has 0 atom stereocenters. The molecule has 158 valence electrons. The summed E-state index contributed by atoms with van der Waals surface area (Å²) in [4.78, 5) is 12.2. The number of carbonyl (C=O) groups is 1. The molecule has 28 heavy (non-hydrogen) atoms. The van der Waals surface area contributed by atoms with Crippen molar-refractivity contribution in [3.8, 4) is 0 Å². The summed E-state index contributed by atoms with van der Waals surface area (Å²) in [5, 5.41) is 5.91. The molecule has 9 heteroatoms. The maximum atomic E-state index is 12.9. The van der Waals surface area contributed by atoms with Crippen LogP contribution in [0.4, 0.5) is 26.3 Å². The SMILES string of the molecule is CCCN[C@H]1CC[C@H](CNC(=O)c2cc(C(F)(F)F)cc(C(F)(F)F)c2)CC1. The Bertz CT molecular complexity index is 631. The molecular weight excluding hydrogens is 386 g/mol. The maximum Gasteiger partial charge on any atom is 0.416 e. The molecule has 3 nitrogen and oxygen atoms in total. The maximum absolute atomic E-state index is 12.9. The molecule has 0 aromatic heterocycles. The van der Waals surface area contributed by atoms with Crippen LogP contribution in [0, 0.1) is 5.92 Å². The van der Waals surface area contributed by atoms with Crippen molar-refractivity contribution in [3.05, 3.63) is 34.9 Å². The van der Waals surface area contributed by atoms with Gasteiger partial charge in [0.1, 0.15) is 0 Å². The zero-order valence-corrected chi connectivity index (χ0v) is 15.5. The standard InChI is InChI=1S/C19H24F6N2O/c1-2-7-26-16-5-3-12(4-6-16)11-27-17(28)13-8-14(18(20,21)22)10-15(9-13)19(23,24)25/h8-10,12,16,26H,2-7,11H2,1H3,(H,27,28)/t12-,16-. The number of rotatable bonds is 6. The summed E-state index contributed by atoms with van der Waals surface area (Å²) in [5.74, 6) is -0.764. The largest absolute Gasteiger partial charge is 0.416 e. The summed E-state index contributed by atoms with van der Waals surface area (Å²) < 4.78 is 77.4. The Morgan fingerprint density at radius 1 is 0.964 bits per heavy atom. The first-order valence-electron chi connectivity index (χ1n) is 9.31. The predicted octanol–water partition coefficient (Wildman–Crippen LogP) is 5.01. The van der Waals surface area contributed by atoms with Gasteiger partial charge < -0.3 is 10.6 Å². The van der Waals surface area contributed by atoms with Crippen LogP contribution in [0.15, 0.2) is 18.2 Å². The van der Waals surface area contributed by atoms with Crippen LogP contribution in [-0.4, -0.2) is 25.0 Å². The van der Waals surface area contributed by atoms with Crippen LogP contribution in [0.25, 0.3) is 0 Å². The van der Waals surface area contributed by atoms with Gasteiger partial charge in [-0.2, -0.15) is 26.3 Å². The Balaban J connectivity index is 2.00. The van der Waals surface area contributed by atoms with Gasteiger partial charge in [-0.3, -0.25) is 4.79 Å². The molecule has 1 amide bonds. The first kappa shape index (κ1) is 22.5. The lowest BCUT2D eigenvalue weighted by atomic mass is 9.86. The highest BCUT2D eigenvalue weighted by molar-refractivity contribution is 5.94. The van der Waals surface area contributed by atoms with Crippen molar-refractivity contribution in [3.63, 3.8) is 0 Å². The van der Waals surface area contributed by atoms with E-state index in [-0.39, 0.29) is 18.5 Å². The zero-order chi connectivity index (χ0) is 20.9. The highest BCUT2D eigenvalue weighted by Gasteiger charge is 2.37. The zero-order valence-electron chi connectivity index (χ0n) is 15.5. The lowest BCUT2D eigenvalue weighted by molar-refractivity contribution is -0.143. The Kier molecular flexibility index (Phi) is 7.36. The molecule has 0 aliphatic heterocycles. The molecule has 0 bridgehead atoms. The topological polar surface area (TPSA) is 41.1 Å². The molecule has 1 aliphatic rings. The molecule has 0 spiro atoms. The summed E-state index contributed by atoms with van der Waals surface area (Å²) in [6, 6.07) is 1.35. The van der Waals surface area contributed by atoms with E-state index in [0.29, 0.717) is 18.2 Å².